The fourth-order valence-electron chi connectivity index (χ4n) is 4.30. The van der Waals surface area contributed by atoms with Crippen molar-refractivity contribution >= 4 is 13.6 Å². The molecule has 34 heavy (non-hydrogen) atoms. The molecule has 0 bridgehead atoms. The predicted octanol–water partition coefficient (Wildman–Crippen LogP) is 4.90. The van der Waals surface area contributed by atoms with Gasteiger partial charge in [0.1, 0.15) is 6.10 Å². The highest BCUT2D eigenvalue weighted by Gasteiger charge is 2.81. The van der Waals surface area contributed by atoms with Gasteiger partial charge in [-0.05, 0) is 24.5 Å². The summed E-state index contributed by atoms with van der Waals surface area (Å²) in [7, 11) is -3.86. The van der Waals surface area contributed by atoms with Crippen molar-refractivity contribution in [2.45, 2.75) is 43.9 Å². The second kappa shape index (κ2) is 11.0. The van der Waals surface area contributed by atoms with Gasteiger partial charge in [0.2, 0.25) is 0 Å². The lowest BCUT2D eigenvalue weighted by Crippen LogP contribution is -2.29. The van der Waals surface area contributed by atoms with Crippen molar-refractivity contribution in [1.82, 2.24) is 0 Å². The van der Waals surface area contributed by atoms with E-state index in [1.54, 1.807) is 6.92 Å². The zero-order valence-electron chi connectivity index (χ0n) is 19.3. The van der Waals surface area contributed by atoms with Gasteiger partial charge in [-0.25, -0.2) is 0 Å². The fraction of sp³-hybridized carbons (Fsp3) is 0.423. The molecule has 1 saturated carbocycles. The van der Waals surface area contributed by atoms with Gasteiger partial charge in [-0.3, -0.25) is 13.9 Å². The summed E-state index contributed by atoms with van der Waals surface area (Å²) in [5.74, 6) is -0.814. The zero-order chi connectivity index (χ0) is 24.0. The van der Waals surface area contributed by atoms with Crippen molar-refractivity contribution in [1.29, 1.82) is 0 Å². The minimum absolute atomic E-state index is 0.129. The summed E-state index contributed by atoms with van der Waals surface area (Å²) in [5.41, 5.74) is 2.03. The first-order valence-electron chi connectivity index (χ1n) is 11.5. The van der Waals surface area contributed by atoms with Gasteiger partial charge in [-0.2, -0.15) is 0 Å². The molecule has 0 radical (unpaired) electrons. The molecule has 1 saturated heterocycles. The highest BCUT2D eigenvalue weighted by molar-refractivity contribution is 7.57. The van der Waals surface area contributed by atoms with Crippen LogP contribution < -0.4 is 0 Å². The number of benzene rings is 2. The van der Waals surface area contributed by atoms with Crippen LogP contribution in [0.2, 0.25) is 0 Å². The molecule has 2 aromatic carbocycles. The minimum Gasteiger partial charge on any atom is -0.465 e. The van der Waals surface area contributed by atoms with Crippen molar-refractivity contribution in [3.8, 4) is 0 Å². The van der Waals surface area contributed by atoms with Gasteiger partial charge in [-0.15, -0.1) is 6.58 Å². The Bertz CT molecular complexity index is 1010. The number of hydrogen-bond acceptors (Lipinski definition) is 7. The summed E-state index contributed by atoms with van der Waals surface area (Å²) < 4.78 is 42.7. The van der Waals surface area contributed by atoms with Gasteiger partial charge in [0.25, 0.3) is 0 Å². The van der Waals surface area contributed by atoms with Crippen LogP contribution in [-0.2, 0) is 45.8 Å². The van der Waals surface area contributed by atoms with E-state index < -0.39 is 30.9 Å². The van der Waals surface area contributed by atoms with Crippen molar-refractivity contribution in [2.75, 3.05) is 19.8 Å². The van der Waals surface area contributed by atoms with E-state index in [4.69, 9.17) is 23.3 Å². The van der Waals surface area contributed by atoms with Crippen molar-refractivity contribution in [3.63, 3.8) is 0 Å². The van der Waals surface area contributed by atoms with Gasteiger partial charge in [0.05, 0.1) is 39.1 Å². The number of carbonyl (C=O) groups is 1. The van der Waals surface area contributed by atoms with Crippen molar-refractivity contribution < 1.29 is 32.6 Å². The number of ether oxygens (including phenoxy) is 3. The number of rotatable bonds is 13. The maximum atomic E-state index is 14.0. The topological polar surface area (TPSA) is 80.3 Å². The third-order valence-corrected chi connectivity index (χ3v) is 8.92. The fourth-order valence-corrected chi connectivity index (χ4v) is 7.07. The second-order valence-corrected chi connectivity index (χ2v) is 10.7. The average molecular weight is 487 g/mol. The third kappa shape index (κ3) is 5.19. The number of carbonyl (C=O) groups excluding carboxylic acids is 1. The van der Waals surface area contributed by atoms with Gasteiger partial charge >= 0.3 is 13.6 Å². The molecule has 1 unspecified atom stereocenters. The van der Waals surface area contributed by atoms with Crippen LogP contribution in [0.5, 0.6) is 0 Å². The lowest BCUT2D eigenvalue weighted by atomic mass is 10.2. The SMILES string of the molecule is C=C[C@@H](COCc1ccccc1)OP1(=O)O[C@H](COCc2ccccc2)[C@H]2C[C@]21C(=O)OCC. The van der Waals surface area contributed by atoms with E-state index in [1.807, 2.05) is 60.7 Å². The van der Waals surface area contributed by atoms with Crippen LogP contribution in [0.4, 0.5) is 0 Å². The highest BCUT2D eigenvalue weighted by atomic mass is 31.2. The van der Waals surface area contributed by atoms with Gasteiger partial charge in [0, 0.05) is 5.92 Å². The van der Waals surface area contributed by atoms with Gasteiger partial charge in [-0.1, -0.05) is 66.7 Å². The van der Waals surface area contributed by atoms with E-state index >= 15 is 0 Å². The molecule has 2 aliphatic rings. The van der Waals surface area contributed by atoms with E-state index in [1.165, 1.54) is 6.08 Å². The maximum absolute atomic E-state index is 14.0. The lowest BCUT2D eigenvalue weighted by molar-refractivity contribution is -0.144. The van der Waals surface area contributed by atoms with Crippen LogP contribution in [0.1, 0.15) is 24.5 Å². The molecule has 8 heteroatoms. The molecule has 2 fully saturated rings. The first kappa shape index (κ1) is 24.8. The molecule has 0 N–H and O–H groups in total. The third-order valence-electron chi connectivity index (χ3n) is 6.15. The van der Waals surface area contributed by atoms with Crippen LogP contribution in [0, 0.1) is 5.92 Å². The van der Waals surface area contributed by atoms with Crippen LogP contribution in [-0.4, -0.2) is 43.2 Å². The summed E-state index contributed by atoms with van der Waals surface area (Å²) in [4.78, 5) is 12.9. The Balaban J connectivity index is 1.40. The zero-order valence-corrected chi connectivity index (χ0v) is 20.2. The van der Waals surface area contributed by atoms with Gasteiger partial charge < -0.3 is 18.7 Å². The number of esters is 1. The summed E-state index contributed by atoms with van der Waals surface area (Å²) in [6.45, 7) is 6.80. The Morgan fingerprint density at radius 1 is 1.12 bits per heavy atom. The van der Waals surface area contributed by atoms with E-state index in [9.17, 15) is 9.36 Å². The molecule has 1 aliphatic heterocycles. The van der Waals surface area contributed by atoms with E-state index in [0.717, 1.165) is 11.1 Å². The van der Waals surface area contributed by atoms with E-state index in [2.05, 4.69) is 6.58 Å². The standard InChI is InChI=1S/C26H31O7P/c1-3-22(18-29-16-20-11-7-5-8-12-20)32-34(28)26(25(27)31-4-2)15-23(26)24(33-34)19-30-17-21-13-9-6-10-14-21/h3,5-14,22-24H,1,4,15-19H2,2H3/t22-,23+,24+,26+,34?/m0/s1. The molecule has 4 rings (SSSR count). The van der Waals surface area contributed by atoms with Crippen molar-refractivity contribution in [3.05, 3.63) is 84.4 Å². The largest absolute Gasteiger partial charge is 0.465 e. The second-order valence-electron chi connectivity index (χ2n) is 8.48. The predicted molar refractivity (Wildman–Crippen MR) is 127 cm³/mol. The monoisotopic (exact) mass is 486 g/mol. The Morgan fingerprint density at radius 2 is 1.74 bits per heavy atom. The molecule has 182 valence electrons. The summed E-state index contributed by atoms with van der Waals surface area (Å²) in [6.07, 6.45) is 0.682. The van der Waals surface area contributed by atoms with Crippen LogP contribution >= 0.6 is 7.60 Å². The first-order chi connectivity index (χ1) is 16.5. The maximum Gasteiger partial charge on any atom is 0.349 e. The number of hydrogen-bond donors (Lipinski definition) is 0. The molecular formula is C26H31O7P. The molecule has 0 aromatic heterocycles. The Morgan fingerprint density at radius 3 is 2.32 bits per heavy atom. The molecule has 7 nitrogen and oxygen atoms in total. The van der Waals surface area contributed by atoms with Crippen LogP contribution in [0.3, 0.4) is 0 Å². The normalized spacial score (nSPS) is 28.1. The summed E-state index contributed by atoms with van der Waals surface area (Å²) in [6, 6.07) is 19.5. The Hall–Kier alpha value is -2.28. The van der Waals surface area contributed by atoms with E-state index in [-0.39, 0.29) is 25.7 Å². The smallest absolute Gasteiger partial charge is 0.349 e. The molecule has 1 aliphatic carbocycles. The summed E-state index contributed by atoms with van der Waals surface area (Å²) >= 11 is 0. The van der Waals surface area contributed by atoms with E-state index in [0.29, 0.717) is 19.6 Å². The molecular weight excluding hydrogens is 455 g/mol. The molecule has 1 heterocycles. The molecule has 2 aromatic rings. The highest BCUT2D eigenvalue weighted by Crippen LogP contribution is 2.81. The Kier molecular flexibility index (Phi) is 8.02. The lowest BCUT2D eigenvalue weighted by Gasteiger charge is -2.26. The average Bonchev–Trinajstić information content (AvgIpc) is 3.57. The molecule has 0 spiro atoms. The Labute approximate surface area is 200 Å². The van der Waals surface area contributed by atoms with Crippen LogP contribution in [0.25, 0.3) is 0 Å². The summed E-state index contributed by atoms with van der Waals surface area (Å²) in [5, 5.41) is -1.29. The number of fused-ring (bicyclic) bond motifs is 1. The van der Waals surface area contributed by atoms with Gasteiger partial charge in [0.15, 0.2) is 5.16 Å². The van der Waals surface area contributed by atoms with Crippen molar-refractivity contribution in [2.24, 2.45) is 5.92 Å². The minimum atomic E-state index is -3.86. The first-order valence-corrected chi connectivity index (χ1v) is 13.1. The molecule has 5 atom stereocenters. The molecule has 0 amide bonds. The van der Waals surface area contributed by atoms with Crippen LogP contribution in [0.15, 0.2) is 73.3 Å². The quantitative estimate of drug-likeness (QED) is 0.226.